The number of fused-ring (bicyclic) bond motifs is 1. The summed E-state index contributed by atoms with van der Waals surface area (Å²) in [5.41, 5.74) is 0.911. The van der Waals surface area contributed by atoms with E-state index in [1.807, 2.05) is 0 Å². The van der Waals surface area contributed by atoms with Gasteiger partial charge in [0.15, 0.2) is 6.61 Å². The van der Waals surface area contributed by atoms with Gasteiger partial charge in [-0.05, 0) is 42.7 Å². The summed E-state index contributed by atoms with van der Waals surface area (Å²) in [6.45, 7) is 5.68. The fourth-order valence-electron chi connectivity index (χ4n) is 3.20. The molecule has 0 radical (unpaired) electrons. The van der Waals surface area contributed by atoms with Gasteiger partial charge in [-0.1, -0.05) is 18.7 Å². The van der Waals surface area contributed by atoms with Crippen LogP contribution in [0.15, 0.2) is 23.1 Å². The number of rotatable bonds is 7. The maximum absolute atomic E-state index is 12.7. The molecule has 0 saturated carbocycles. The van der Waals surface area contributed by atoms with Crippen LogP contribution in [0, 0.1) is 0 Å². The van der Waals surface area contributed by atoms with E-state index in [0.29, 0.717) is 24.1 Å². The van der Waals surface area contributed by atoms with Gasteiger partial charge in [-0.2, -0.15) is 4.31 Å². The summed E-state index contributed by atoms with van der Waals surface area (Å²) >= 11 is 0. The zero-order valence-corrected chi connectivity index (χ0v) is 16.5. The summed E-state index contributed by atoms with van der Waals surface area (Å²) < 4.78 is 26.8. The van der Waals surface area contributed by atoms with Crippen molar-refractivity contribution in [2.75, 3.05) is 32.8 Å². The minimum Gasteiger partial charge on any atom is -0.385 e. The Hall–Kier alpha value is -2.20. The van der Waals surface area contributed by atoms with Gasteiger partial charge in [-0.25, -0.2) is 8.42 Å². The molecule has 0 unspecified atom stereocenters. The maximum atomic E-state index is 12.7. The summed E-state index contributed by atoms with van der Waals surface area (Å²) in [5, 5.41) is 7.86. The van der Waals surface area contributed by atoms with Crippen LogP contribution in [0.25, 0.3) is 11.0 Å². The van der Waals surface area contributed by atoms with E-state index < -0.39 is 10.0 Å². The molecular formula is C17H25N5O4S. The Bertz CT molecular complexity index is 901. The number of aromatic nitrogens is 3. The van der Waals surface area contributed by atoms with Crippen molar-refractivity contribution in [3.05, 3.63) is 18.2 Å². The van der Waals surface area contributed by atoms with Gasteiger partial charge in [0.25, 0.3) is 5.91 Å². The Balaban J connectivity index is 1.80. The lowest BCUT2D eigenvalue weighted by atomic mass is 10.1. The molecule has 10 heteroatoms. The highest BCUT2D eigenvalue weighted by molar-refractivity contribution is 7.89. The van der Waals surface area contributed by atoms with Crippen LogP contribution in [0.5, 0.6) is 0 Å². The molecule has 3 rings (SSSR count). The molecule has 0 spiro atoms. The van der Waals surface area contributed by atoms with Crippen LogP contribution in [0.3, 0.4) is 0 Å². The van der Waals surface area contributed by atoms with Crippen molar-refractivity contribution in [1.82, 2.24) is 24.4 Å². The second-order valence-corrected chi connectivity index (χ2v) is 8.36. The first kappa shape index (κ1) is 19.6. The summed E-state index contributed by atoms with van der Waals surface area (Å²) in [6.07, 6.45) is 3.15. The lowest BCUT2D eigenvalue weighted by Crippen LogP contribution is -2.40. The Morgan fingerprint density at radius 2 is 1.89 bits per heavy atom. The molecule has 1 amide bonds. The van der Waals surface area contributed by atoms with Gasteiger partial charge < -0.3 is 9.74 Å². The van der Waals surface area contributed by atoms with Crippen molar-refractivity contribution in [2.45, 2.75) is 38.0 Å². The summed E-state index contributed by atoms with van der Waals surface area (Å²) in [4.78, 5) is 20.8. The molecule has 1 aliphatic rings. The average Bonchev–Trinajstić information content (AvgIpc) is 3.10. The first-order chi connectivity index (χ1) is 13.0. The summed E-state index contributed by atoms with van der Waals surface area (Å²) in [5.74, 6) is -0.106. The fourth-order valence-corrected chi connectivity index (χ4v) is 4.68. The van der Waals surface area contributed by atoms with Crippen LogP contribution < -0.4 is 4.84 Å². The van der Waals surface area contributed by atoms with Crippen molar-refractivity contribution >= 4 is 27.0 Å². The van der Waals surface area contributed by atoms with Crippen LogP contribution in [0.4, 0.5) is 0 Å². The first-order valence-corrected chi connectivity index (χ1v) is 10.7. The van der Waals surface area contributed by atoms with E-state index in [0.717, 1.165) is 37.2 Å². The molecule has 1 aromatic heterocycles. The molecule has 9 nitrogen and oxygen atoms in total. The van der Waals surface area contributed by atoms with Crippen molar-refractivity contribution in [1.29, 1.82) is 0 Å². The van der Waals surface area contributed by atoms with Crippen molar-refractivity contribution in [3.63, 3.8) is 0 Å². The van der Waals surface area contributed by atoms with E-state index in [1.165, 1.54) is 16.4 Å². The Morgan fingerprint density at radius 3 is 2.56 bits per heavy atom. The highest BCUT2D eigenvalue weighted by Crippen LogP contribution is 2.20. The van der Waals surface area contributed by atoms with Gasteiger partial charge in [-0.15, -0.1) is 5.10 Å². The molecule has 148 valence electrons. The quantitative estimate of drug-likeness (QED) is 0.691. The number of sulfonamides is 1. The van der Waals surface area contributed by atoms with E-state index in [2.05, 4.69) is 10.3 Å². The molecule has 1 fully saturated rings. The molecule has 1 aromatic carbocycles. The number of piperidine rings is 1. The number of hydrogen-bond donors (Lipinski definition) is 0. The van der Waals surface area contributed by atoms with Crippen LogP contribution in [-0.4, -0.2) is 71.5 Å². The summed E-state index contributed by atoms with van der Waals surface area (Å²) in [7, 11) is -3.60. The molecule has 27 heavy (non-hydrogen) atoms. The molecule has 1 saturated heterocycles. The van der Waals surface area contributed by atoms with Gasteiger partial charge >= 0.3 is 0 Å². The Kier molecular flexibility index (Phi) is 5.95. The number of carbonyl (C=O) groups excluding carboxylic acids is 1. The van der Waals surface area contributed by atoms with Crippen molar-refractivity contribution in [3.8, 4) is 0 Å². The Morgan fingerprint density at radius 1 is 1.19 bits per heavy atom. The van der Waals surface area contributed by atoms with Crippen LogP contribution in [-0.2, 0) is 14.8 Å². The molecule has 0 bridgehead atoms. The predicted molar refractivity (Wildman–Crippen MR) is 99.5 cm³/mol. The van der Waals surface area contributed by atoms with E-state index in [-0.39, 0.29) is 17.4 Å². The number of amides is 1. The van der Waals surface area contributed by atoms with E-state index in [4.69, 9.17) is 4.84 Å². The lowest BCUT2D eigenvalue weighted by molar-refractivity contribution is -0.137. The summed E-state index contributed by atoms with van der Waals surface area (Å²) in [6, 6.07) is 4.58. The molecule has 0 atom stereocenters. The zero-order chi connectivity index (χ0) is 19.4. The fraction of sp³-hybridized carbons (Fsp3) is 0.588. The molecule has 1 aliphatic heterocycles. The minimum atomic E-state index is -3.60. The second kappa shape index (κ2) is 8.22. The van der Waals surface area contributed by atoms with Gasteiger partial charge in [0.05, 0.1) is 4.90 Å². The van der Waals surface area contributed by atoms with Gasteiger partial charge in [0.1, 0.15) is 11.0 Å². The van der Waals surface area contributed by atoms with Crippen LogP contribution in [0.2, 0.25) is 0 Å². The number of hydrogen-bond acceptors (Lipinski definition) is 6. The van der Waals surface area contributed by atoms with E-state index >= 15 is 0 Å². The molecule has 2 heterocycles. The predicted octanol–water partition coefficient (Wildman–Crippen LogP) is 0.903. The second-order valence-electron chi connectivity index (χ2n) is 6.42. The molecule has 2 aromatic rings. The number of carbonyl (C=O) groups is 1. The number of nitrogens with zero attached hydrogens (tertiary/aromatic N) is 5. The average molecular weight is 395 g/mol. The smallest absolute Gasteiger partial charge is 0.263 e. The third kappa shape index (κ3) is 4.06. The van der Waals surface area contributed by atoms with E-state index in [1.54, 1.807) is 24.8 Å². The molecule has 0 N–H and O–H groups in total. The SMILES string of the molecule is CCN(CC)S(=O)(=O)c1ccc2nnn(OCC(=O)N3CCCCC3)c2c1. The first-order valence-electron chi connectivity index (χ1n) is 9.24. The minimum absolute atomic E-state index is 0.106. The highest BCUT2D eigenvalue weighted by Gasteiger charge is 2.23. The highest BCUT2D eigenvalue weighted by atomic mass is 32.2. The normalized spacial score (nSPS) is 15.4. The largest absolute Gasteiger partial charge is 0.385 e. The number of likely N-dealkylation sites (tertiary alicyclic amines) is 1. The van der Waals surface area contributed by atoms with Crippen molar-refractivity contribution in [2.24, 2.45) is 0 Å². The van der Waals surface area contributed by atoms with E-state index in [9.17, 15) is 13.2 Å². The maximum Gasteiger partial charge on any atom is 0.263 e. The third-order valence-electron chi connectivity index (χ3n) is 4.75. The topological polar surface area (TPSA) is 97.6 Å². The van der Waals surface area contributed by atoms with Crippen LogP contribution >= 0.6 is 0 Å². The molecular weight excluding hydrogens is 370 g/mol. The van der Waals surface area contributed by atoms with Gasteiger partial charge in [0.2, 0.25) is 10.0 Å². The number of benzene rings is 1. The molecule has 0 aliphatic carbocycles. The van der Waals surface area contributed by atoms with Crippen LogP contribution in [0.1, 0.15) is 33.1 Å². The zero-order valence-electron chi connectivity index (χ0n) is 15.7. The standard InChI is InChI=1S/C17H25N5O4S/c1-3-21(4-2)27(24,25)14-8-9-15-16(12-14)22(19-18-15)26-13-17(23)20-10-6-5-7-11-20/h8-9,12H,3-7,10-11,13H2,1-2H3. The third-order valence-corrected chi connectivity index (χ3v) is 6.79. The van der Waals surface area contributed by atoms with Crippen molar-refractivity contribution < 1.29 is 18.0 Å². The lowest BCUT2D eigenvalue weighted by Gasteiger charge is -2.26. The van der Waals surface area contributed by atoms with Gasteiger partial charge in [0, 0.05) is 26.2 Å². The monoisotopic (exact) mass is 395 g/mol. The van der Waals surface area contributed by atoms with Gasteiger partial charge in [-0.3, -0.25) is 4.79 Å². The Labute approximate surface area is 158 Å².